The van der Waals surface area contributed by atoms with Gasteiger partial charge in [0.2, 0.25) is 10.0 Å². The number of anilines is 1. The summed E-state index contributed by atoms with van der Waals surface area (Å²) in [6.07, 6.45) is 0.797. The minimum atomic E-state index is -3.83. The summed E-state index contributed by atoms with van der Waals surface area (Å²) in [5, 5.41) is 0. The fraction of sp³-hybridized carbons (Fsp3) is 0.600. The highest BCUT2D eigenvalue weighted by Gasteiger charge is 2.38. The summed E-state index contributed by atoms with van der Waals surface area (Å²) in [7, 11) is -3.83. The third-order valence-corrected chi connectivity index (χ3v) is 6.10. The number of hydrogen-bond donors (Lipinski definition) is 1. The van der Waals surface area contributed by atoms with Gasteiger partial charge in [0.1, 0.15) is 10.7 Å². The van der Waals surface area contributed by atoms with Crippen LogP contribution in [-0.4, -0.2) is 25.8 Å². The molecule has 118 valence electrons. The van der Waals surface area contributed by atoms with E-state index in [4.69, 9.17) is 5.73 Å². The van der Waals surface area contributed by atoms with Gasteiger partial charge in [-0.3, -0.25) is 0 Å². The van der Waals surface area contributed by atoms with Crippen molar-refractivity contribution in [3.63, 3.8) is 0 Å². The van der Waals surface area contributed by atoms with Gasteiger partial charge < -0.3 is 5.73 Å². The van der Waals surface area contributed by atoms with Crippen LogP contribution in [0, 0.1) is 24.1 Å². The first kappa shape index (κ1) is 16.2. The van der Waals surface area contributed by atoms with E-state index in [0.717, 1.165) is 6.42 Å². The zero-order valence-electron chi connectivity index (χ0n) is 13.0. The summed E-state index contributed by atoms with van der Waals surface area (Å²) < 4.78 is 40.9. The highest BCUT2D eigenvalue weighted by molar-refractivity contribution is 7.89. The van der Waals surface area contributed by atoms with Crippen molar-refractivity contribution in [2.24, 2.45) is 11.3 Å². The van der Waals surface area contributed by atoms with Crippen LogP contribution in [0.3, 0.4) is 0 Å². The lowest BCUT2D eigenvalue weighted by Gasteiger charge is -2.27. The van der Waals surface area contributed by atoms with Crippen LogP contribution in [-0.2, 0) is 10.0 Å². The Bertz CT molecular complexity index is 650. The lowest BCUT2D eigenvalue weighted by molar-refractivity contribution is 0.252. The number of hydrogen-bond acceptors (Lipinski definition) is 3. The van der Waals surface area contributed by atoms with E-state index in [1.165, 1.54) is 23.4 Å². The fourth-order valence-corrected chi connectivity index (χ4v) is 4.42. The molecule has 4 nitrogen and oxygen atoms in total. The molecule has 1 fully saturated rings. The molecule has 1 heterocycles. The number of rotatable bonds is 2. The molecular weight excluding hydrogens is 291 g/mol. The number of sulfonamides is 1. The van der Waals surface area contributed by atoms with Crippen LogP contribution in [0.15, 0.2) is 17.0 Å². The minimum Gasteiger partial charge on any atom is -0.399 e. The van der Waals surface area contributed by atoms with Crippen LogP contribution in [0.5, 0.6) is 0 Å². The number of nitrogens with two attached hydrogens (primary N) is 1. The molecule has 1 aliphatic rings. The van der Waals surface area contributed by atoms with Crippen molar-refractivity contribution in [3.8, 4) is 0 Å². The Morgan fingerprint density at radius 2 is 1.95 bits per heavy atom. The number of halogens is 1. The van der Waals surface area contributed by atoms with Crippen LogP contribution in [0.1, 0.15) is 32.8 Å². The molecule has 0 radical (unpaired) electrons. The van der Waals surface area contributed by atoms with E-state index in [1.807, 2.05) is 0 Å². The summed E-state index contributed by atoms with van der Waals surface area (Å²) in [6.45, 7) is 8.67. The molecule has 2 N–H and O–H groups in total. The Morgan fingerprint density at radius 1 is 1.33 bits per heavy atom. The van der Waals surface area contributed by atoms with Crippen molar-refractivity contribution in [1.82, 2.24) is 4.31 Å². The summed E-state index contributed by atoms with van der Waals surface area (Å²) in [4.78, 5) is -0.311. The maximum Gasteiger partial charge on any atom is 0.246 e. The molecule has 1 aliphatic heterocycles. The maximum absolute atomic E-state index is 14.2. The third-order valence-electron chi connectivity index (χ3n) is 4.24. The SMILES string of the molecule is Cc1cc(N)cc(S(=O)(=O)N2CCC(C(C)(C)C)C2)c1F. The predicted molar refractivity (Wildman–Crippen MR) is 81.9 cm³/mol. The number of nitrogens with zero attached hydrogens (tertiary/aromatic N) is 1. The Balaban J connectivity index is 2.37. The van der Waals surface area contributed by atoms with Gasteiger partial charge in [0, 0.05) is 18.8 Å². The van der Waals surface area contributed by atoms with E-state index in [2.05, 4.69) is 20.8 Å². The van der Waals surface area contributed by atoms with Crippen molar-refractivity contribution in [2.75, 3.05) is 18.8 Å². The molecule has 0 spiro atoms. The maximum atomic E-state index is 14.2. The average Bonchev–Trinajstić information content (AvgIpc) is 2.83. The summed E-state index contributed by atoms with van der Waals surface area (Å²) in [5.74, 6) is -0.430. The first-order valence-corrected chi connectivity index (χ1v) is 8.53. The predicted octanol–water partition coefficient (Wildman–Crippen LogP) is 2.77. The minimum absolute atomic E-state index is 0.0362. The van der Waals surface area contributed by atoms with Crippen LogP contribution in [0.2, 0.25) is 0 Å². The topological polar surface area (TPSA) is 63.4 Å². The second-order valence-corrected chi connectivity index (χ2v) is 8.77. The second-order valence-electron chi connectivity index (χ2n) is 6.86. The first-order valence-electron chi connectivity index (χ1n) is 7.09. The fourth-order valence-electron chi connectivity index (χ4n) is 2.74. The van der Waals surface area contributed by atoms with E-state index < -0.39 is 15.8 Å². The van der Waals surface area contributed by atoms with Crippen molar-refractivity contribution < 1.29 is 12.8 Å². The molecule has 0 amide bonds. The Morgan fingerprint density at radius 3 is 2.48 bits per heavy atom. The lowest BCUT2D eigenvalue weighted by Crippen LogP contribution is -2.32. The van der Waals surface area contributed by atoms with E-state index in [9.17, 15) is 12.8 Å². The molecule has 1 atom stereocenters. The normalized spacial score (nSPS) is 20.9. The monoisotopic (exact) mass is 314 g/mol. The van der Waals surface area contributed by atoms with Gasteiger partial charge in [0.05, 0.1) is 0 Å². The molecule has 0 aromatic heterocycles. The van der Waals surface area contributed by atoms with Crippen LogP contribution in [0.25, 0.3) is 0 Å². The third kappa shape index (κ3) is 3.06. The van der Waals surface area contributed by atoms with Crippen molar-refractivity contribution in [3.05, 3.63) is 23.5 Å². The number of aryl methyl sites for hydroxylation is 1. The quantitative estimate of drug-likeness (QED) is 0.854. The molecule has 21 heavy (non-hydrogen) atoms. The molecule has 2 rings (SSSR count). The summed E-state index contributed by atoms with van der Waals surface area (Å²) in [5.41, 5.74) is 6.22. The van der Waals surface area contributed by atoms with Crippen LogP contribution < -0.4 is 5.73 Å². The Labute approximate surface area is 126 Å². The summed E-state index contributed by atoms with van der Waals surface area (Å²) in [6, 6.07) is 2.65. The lowest BCUT2D eigenvalue weighted by atomic mass is 9.80. The molecule has 1 aromatic carbocycles. The average molecular weight is 314 g/mol. The first-order chi connectivity index (χ1) is 9.53. The molecule has 0 saturated carbocycles. The van der Waals surface area contributed by atoms with Gasteiger partial charge in [-0.25, -0.2) is 12.8 Å². The van der Waals surface area contributed by atoms with Crippen LogP contribution in [0.4, 0.5) is 10.1 Å². The Kier molecular flexibility index (Phi) is 4.06. The molecule has 1 unspecified atom stereocenters. The molecule has 0 bridgehead atoms. The Hall–Kier alpha value is -1.14. The molecule has 1 aromatic rings. The van der Waals surface area contributed by atoms with Gasteiger partial charge in [0.15, 0.2) is 0 Å². The molecule has 1 saturated heterocycles. The zero-order valence-corrected chi connectivity index (χ0v) is 13.8. The van der Waals surface area contributed by atoms with E-state index in [0.29, 0.717) is 13.1 Å². The van der Waals surface area contributed by atoms with Crippen LogP contribution >= 0.6 is 0 Å². The largest absolute Gasteiger partial charge is 0.399 e. The standard InChI is InChI=1S/C15H23FN2O2S/c1-10-7-12(17)8-13(14(10)16)21(19,20)18-6-5-11(9-18)15(2,3)4/h7-8,11H,5-6,9,17H2,1-4H3. The molecular formula is C15H23FN2O2S. The van der Waals surface area contributed by atoms with E-state index >= 15 is 0 Å². The summed E-state index contributed by atoms with van der Waals surface area (Å²) >= 11 is 0. The van der Waals surface area contributed by atoms with Gasteiger partial charge in [-0.05, 0) is 42.4 Å². The van der Waals surface area contributed by atoms with Crippen molar-refractivity contribution >= 4 is 15.7 Å². The van der Waals surface area contributed by atoms with Crippen molar-refractivity contribution in [1.29, 1.82) is 0 Å². The molecule has 6 heteroatoms. The van der Waals surface area contributed by atoms with E-state index in [1.54, 1.807) is 0 Å². The second kappa shape index (κ2) is 5.25. The highest BCUT2D eigenvalue weighted by Crippen LogP contribution is 2.36. The number of nitrogen functional groups attached to an aromatic ring is 1. The van der Waals surface area contributed by atoms with Gasteiger partial charge in [0.25, 0.3) is 0 Å². The van der Waals surface area contributed by atoms with Gasteiger partial charge in [-0.2, -0.15) is 4.31 Å². The van der Waals surface area contributed by atoms with Crippen molar-refractivity contribution in [2.45, 2.75) is 39.0 Å². The van der Waals surface area contributed by atoms with E-state index in [-0.39, 0.29) is 27.5 Å². The van der Waals surface area contributed by atoms with Gasteiger partial charge in [-0.1, -0.05) is 20.8 Å². The zero-order chi connectivity index (χ0) is 16.0. The number of benzene rings is 1. The highest BCUT2D eigenvalue weighted by atomic mass is 32.2. The van der Waals surface area contributed by atoms with Gasteiger partial charge >= 0.3 is 0 Å². The molecule has 0 aliphatic carbocycles. The smallest absolute Gasteiger partial charge is 0.246 e. The van der Waals surface area contributed by atoms with Gasteiger partial charge in [-0.15, -0.1) is 0 Å².